The highest BCUT2D eigenvalue weighted by molar-refractivity contribution is 5.89. The van der Waals surface area contributed by atoms with Crippen molar-refractivity contribution in [1.82, 2.24) is 0 Å². The maximum Gasteiger partial charge on any atom is 0.402 e. The second-order valence-corrected chi connectivity index (χ2v) is 13.2. The van der Waals surface area contributed by atoms with E-state index in [1.165, 1.54) is 69.7 Å². The maximum absolute atomic E-state index is 12.5. The Balaban J connectivity index is 1.18. The lowest BCUT2D eigenvalue weighted by Crippen LogP contribution is -2.62. The lowest BCUT2D eigenvalue weighted by atomic mass is 9.98. The van der Waals surface area contributed by atoms with Crippen molar-refractivity contribution in [3.8, 4) is 57.3 Å². The zero-order valence-corrected chi connectivity index (χ0v) is 30.4. The third kappa shape index (κ3) is 8.55. The molecule has 10 atom stereocenters. The van der Waals surface area contributed by atoms with Gasteiger partial charge in [-0.15, -0.1) is 0 Å². The van der Waals surface area contributed by atoms with E-state index < -0.39 is 85.5 Å². The van der Waals surface area contributed by atoms with E-state index in [-0.39, 0.29) is 56.8 Å². The summed E-state index contributed by atoms with van der Waals surface area (Å²) >= 11 is 0. The summed E-state index contributed by atoms with van der Waals surface area (Å²) in [6, 6.07) is 10.1. The quantitative estimate of drug-likeness (QED) is 0.0441. The van der Waals surface area contributed by atoms with Crippen LogP contribution < -0.4 is 14.2 Å². The van der Waals surface area contributed by atoms with Crippen LogP contribution in [-0.4, -0.2) is 139 Å². The molecule has 2 aliphatic rings. The van der Waals surface area contributed by atoms with Gasteiger partial charge in [0.1, 0.15) is 53.5 Å². The molecule has 2 aliphatic heterocycles. The summed E-state index contributed by atoms with van der Waals surface area (Å²) in [6.45, 7) is 0.825. The van der Waals surface area contributed by atoms with E-state index in [1.807, 2.05) is 0 Å². The van der Waals surface area contributed by atoms with Crippen LogP contribution in [0.15, 0.2) is 59.0 Å². The Morgan fingerprint density at radius 1 is 0.754 bits per heavy atom. The Kier molecular flexibility index (Phi) is 12.1. The van der Waals surface area contributed by atoms with Crippen molar-refractivity contribution in [2.24, 2.45) is 0 Å². The van der Waals surface area contributed by atoms with Gasteiger partial charge in [0.2, 0.25) is 17.8 Å². The Morgan fingerprint density at radius 3 is 2.11 bits per heavy atom. The van der Waals surface area contributed by atoms with E-state index in [0.29, 0.717) is 5.56 Å². The first-order valence-electron chi connectivity index (χ1n) is 17.3. The molecule has 306 valence electrons. The zero-order valence-electron chi connectivity index (χ0n) is 30.4. The van der Waals surface area contributed by atoms with Gasteiger partial charge in [-0.3, -0.25) is 0 Å². The van der Waals surface area contributed by atoms with Gasteiger partial charge in [-0.25, -0.2) is 9.21 Å². The largest absolute Gasteiger partial charge is 0.507 e. The topological polar surface area (TPSA) is 295 Å². The molecule has 6 rings (SSSR count). The van der Waals surface area contributed by atoms with Crippen LogP contribution in [0.25, 0.3) is 28.4 Å². The maximum atomic E-state index is 12.5. The molecule has 10 N–H and O–H groups in total. The molecule has 2 saturated heterocycles. The molecular weight excluding hydrogens is 760 g/mol. The number of hydrogen-bond donors (Lipinski definition) is 10. The van der Waals surface area contributed by atoms with Crippen molar-refractivity contribution in [3.05, 3.63) is 60.2 Å². The van der Waals surface area contributed by atoms with Crippen LogP contribution in [0.2, 0.25) is 0 Å². The molecule has 1 aromatic heterocycles. The van der Waals surface area contributed by atoms with Gasteiger partial charge in [0.25, 0.3) is 0 Å². The van der Waals surface area contributed by atoms with Gasteiger partial charge in [0, 0.05) is 30.3 Å². The number of esters is 1. The fraction of sp³-hybridized carbons (Fsp3) is 0.368. The summed E-state index contributed by atoms with van der Waals surface area (Å²) in [5, 5.41) is 105. The minimum absolute atomic E-state index is 0.0149. The molecule has 4 aromatic rings. The van der Waals surface area contributed by atoms with Gasteiger partial charge in [-0.05, 0) is 30.7 Å². The highest BCUT2D eigenvalue weighted by Gasteiger charge is 2.49. The van der Waals surface area contributed by atoms with Crippen LogP contribution in [0.4, 0.5) is 0 Å². The Hall–Kier alpha value is -5.64. The number of aliphatic hydroxyl groups excluding tert-OH is 5. The molecule has 0 bridgehead atoms. The summed E-state index contributed by atoms with van der Waals surface area (Å²) in [5.41, 5.74) is 0.521. The number of benzene rings is 3. The van der Waals surface area contributed by atoms with Crippen LogP contribution >= 0.6 is 0 Å². The van der Waals surface area contributed by atoms with E-state index in [1.54, 1.807) is 0 Å². The predicted octanol–water partition coefficient (Wildman–Crippen LogP) is 1.22. The molecule has 0 radical (unpaired) electrons. The van der Waals surface area contributed by atoms with Gasteiger partial charge in [-0.2, -0.15) is 0 Å². The number of carbonyl (C=O) groups is 1. The third-order valence-electron chi connectivity index (χ3n) is 9.33. The van der Waals surface area contributed by atoms with Crippen molar-refractivity contribution in [1.29, 1.82) is 0 Å². The van der Waals surface area contributed by atoms with Gasteiger partial charge in [0.05, 0.1) is 38.6 Å². The molecule has 19 nitrogen and oxygen atoms in total. The Bertz CT molecular complexity index is 2100. The van der Waals surface area contributed by atoms with Gasteiger partial charge in [0.15, 0.2) is 35.4 Å². The van der Waals surface area contributed by atoms with Gasteiger partial charge < -0.3 is 84.2 Å². The molecular formula is C38H41O19+. The lowest BCUT2D eigenvalue weighted by Gasteiger charge is -2.42. The standard InChI is InChI=1S/C38H40O19/c1-15-35(57-28(43)7-5-16-4-6-20(40)22(42)8-16)32(47)34(49)37(53-15)52-14-27-30(45)31(46)33(48)38(56-27)55-26-13-19-21(41)11-18(39)12-23(19)54-36(26)17-9-24(50-2)29(44)25(10-17)51-3/h4-13,15,27,30-35,37-38,45-49H,14H2,1-3H3,(H4-,39,40,41,42,43,44)/p+1/t15?,27-,30-,31?,32?,33?,34+,35+,37-,38-/m1/s1. The van der Waals surface area contributed by atoms with Crippen molar-refractivity contribution in [2.45, 2.75) is 68.3 Å². The molecule has 19 heteroatoms. The number of hydrogen-bond acceptors (Lipinski definition) is 18. The molecule has 0 saturated carbocycles. The molecule has 0 aliphatic carbocycles. The van der Waals surface area contributed by atoms with Crippen molar-refractivity contribution in [2.75, 3.05) is 20.8 Å². The third-order valence-corrected chi connectivity index (χ3v) is 9.33. The number of rotatable bonds is 11. The van der Waals surface area contributed by atoms with E-state index >= 15 is 0 Å². The van der Waals surface area contributed by atoms with Crippen molar-refractivity contribution in [3.63, 3.8) is 0 Å². The summed E-state index contributed by atoms with van der Waals surface area (Å²) in [4.78, 5) is 12.5. The second-order valence-electron chi connectivity index (χ2n) is 13.2. The molecule has 3 aromatic carbocycles. The average molecular weight is 802 g/mol. The normalized spacial score (nSPS) is 27.6. The molecule has 0 amide bonds. The number of methoxy groups -OCH3 is 2. The van der Waals surface area contributed by atoms with Gasteiger partial charge >= 0.3 is 17.3 Å². The predicted molar refractivity (Wildman–Crippen MR) is 192 cm³/mol. The number of fused-ring (bicyclic) bond motifs is 1. The molecule has 57 heavy (non-hydrogen) atoms. The minimum atomic E-state index is -1.89. The van der Waals surface area contributed by atoms with Crippen LogP contribution in [0.5, 0.6) is 46.0 Å². The second kappa shape index (κ2) is 16.8. The van der Waals surface area contributed by atoms with Crippen molar-refractivity contribution < 1.29 is 93.4 Å². The van der Waals surface area contributed by atoms with Gasteiger partial charge in [-0.1, -0.05) is 6.07 Å². The summed E-state index contributed by atoms with van der Waals surface area (Å²) < 4.78 is 45.0. The number of phenols is 5. The SMILES string of the molecule is COc1cc(-c2[o+]c3cc(O)cc(O)c3cc2O[C@@H]2O[C@H](CO[C@@H]3OC(C)[C@H](OC(=O)/C=C/c4ccc(O)c(O)c4)C(O)[C@@H]3O)[C@@H](O)C(O)C2O)cc(OC)c1O. The smallest absolute Gasteiger partial charge is 0.402 e. The number of carbonyl (C=O) groups excluding carboxylic acids is 1. The van der Waals surface area contributed by atoms with Crippen LogP contribution in [0.3, 0.4) is 0 Å². The number of ether oxygens (including phenoxy) is 7. The highest BCUT2D eigenvalue weighted by atomic mass is 16.7. The fourth-order valence-electron chi connectivity index (χ4n) is 6.25. The molecule has 0 spiro atoms. The molecule has 3 heterocycles. The van der Waals surface area contributed by atoms with E-state index in [0.717, 1.165) is 12.1 Å². The Morgan fingerprint density at radius 2 is 1.44 bits per heavy atom. The van der Waals surface area contributed by atoms with E-state index in [9.17, 15) is 55.9 Å². The number of aliphatic hydroxyl groups is 5. The van der Waals surface area contributed by atoms with E-state index in [4.69, 9.17) is 37.6 Å². The number of phenolic OH excluding ortho intramolecular Hbond substituents is 5. The summed E-state index contributed by atoms with van der Waals surface area (Å²) in [5.74, 6) is -3.14. The van der Waals surface area contributed by atoms with Crippen molar-refractivity contribution >= 4 is 23.0 Å². The molecule has 4 unspecified atom stereocenters. The van der Waals surface area contributed by atoms with Crippen LogP contribution in [0.1, 0.15) is 12.5 Å². The molecule has 2 fully saturated rings. The monoisotopic (exact) mass is 801 g/mol. The zero-order chi connectivity index (χ0) is 41.3. The first kappa shape index (κ1) is 41.0. The van der Waals surface area contributed by atoms with E-state index in [2.05, 4.69) is 0 Å². The summed E-state index contributed by atoms with van der Waals surface area (Å²) in [6.07, 6.45) is -14.0. The lowest BCUT2D eigenvalue weighted by molar-refractivity contribution is -0.319. The summed E-state index contributed by atoms with van der Waals surface area (Å²) in [7, 11) is 2.59. The highest BCUT2D eigenvalue weighted by Crippen LogP contribution is 2.45. The minimum Gasteiger partial charge on any atom is -0.507 e. The fourth-order valence-corrected chi connectivity index (χ4v) is 6.25. The van der Waals surface area contributed by atoms with Crippen LogP contribution in [0, 0.1) is 0 Å². The van der Waals surface area contributed by atoms with Crippen LogP contribution in [-0.2, 0) is 23.7 Å². The average Bonchev–Trinajstić information content (AvgIpc) is 3.18. The Labute approximate surface area is 322 Å². The first-order chi connectivity index (χ1) is 27.1. The number of aromatic hydroxyl groups is 5. The first-order valence-corrected chi connectivity index (χ1v) is 17.3.